The molecule has 154 valence electrons. The van der Waals surface area contributed by atoms with Crippen molar-refractivity contribution >= 4 is 23.8 Å². The van der Waals surface area contributed by atoms with Gasteiger partial charge >= 0.3 is 0 Å². The molecule has 1 aromatic heterocycles. The maximum absolute atomic E-state index is 12.6. The van der Waals surface area contributed by atoms with Crippen molar-refractivity contribution in [2.75, 3.05) is 14.2 Å². The Morgan fingerprint density at radius 2 is 2.10 bits per heavy atom. The molecule has 0 aliphatic carbocycles. The number of ether oxygens (including phenoxy) is 2. The van der Waals surface area contributed by atoms with Gasteiger partial charge in [0.05, 0.1) is 26.0 Å². The Morgan fingerprint density at radius 1 is 1.38 bits per heavy atom. The van der Waals surface area contributed by atoms with Crippen molar-refractivity contribution in [2.45, 2.75) is 25.8 Å². The zero-order valence-electron chi connectivity index (χ0n) is 16.6. The summed E-state index contributed by atoms with van der Waals surface area (Å²) in [5.74, 6) is 0.626. The van der Waals surface area contributed by atoms with Gasteiger partial charge in [-0.2, -0.15) is 5.10 Å². The van der Waals surface area contributed by atoms with Crippen LogP contribution in [0.4, 0.5) is 0 Å². The van der Waals surface area contributed by atoms with Crippen LogP contribution < -0.4 is 15.0 Å². The Morgan fingerprint density at radius 3 is 2.72 bits per heavy atom. The number of hydrazone groups is 1. The fourth-order valence-corrected chi connectivity index (χ4v) is 3.44. The fraction of sp³-hybridized carbons (Fsp3) is 0.368. The van der Waals surface area contributed by atoms with Gasteiger partial charge in [0.15, 0.2) is 4.77 Å². The average molecular weight is 418 g/mol. The highest BCUT2D eigenvalue weighted by molar-refractivity contribution is 7.71. The largest absolute Gasteiger partial charge is 0.497 e. The van der Waals surface area contributed by atoms with E-state index in [-0.39, 0.29) is 40.7 Å². The van der Waals surface area contributed by atoms with Gasteiger partial charge in [0.1, 0.15) is 17.1 Å². The van der Waals surface area contributed by atoms with E-state index in [2.05, 4.69) is 10.1 Å². The third-order valence-electron chi connectivity index (χ3n) is 4.85. The van der Waals surface area contributed by atoms with Crippen LogP contribution in [0.15, 0.2) is 28.1 Å². The normalized spacial score (nSPS) is 15.9. The van der Waals surface area contributed by atoms with Crippen LogP contribution in [0.1, 0.15) is 36.9 Å². The summed E-state index contributed by atoms with van der Waals surface area (Å²) in [6, 6.07) is 4.75. The number of methoxy groups -OCH3 is 2. The highest BCUT2D eigenvalue weighted by Crippen LogP contribution is 2.39. The molecule has 2 aromatic rings. The highest BCUT2D eigenvalue weighted by Gasteiger charge is 2.36. The van der Waals surface area contributed by atoms with E-state index < -0.39 is 11.6 Å². The Labute approximate surface area is 172 Å². The molecule has 0 saturated heterocycles. The van der Waals surface area contributed by atoms with Crippen LogP contribution in [0.2, 0.25) is 0 Å². The van der Waals surface area contributed by atoms with Crippen molar-refractivity contribution in [2.24, 2.45) is 12.1 Å². The number of amides is 1. The molecular weight excluding hydrogens is 396 g/mol. The smallest absolute Gasteiger partial charge is 0.264 e. The van der Waals surface area contributed by atoms with Gasteiger partial charge in [-0.1, -0.05) is 6.92 Å². The van der Waals surface area contributed by atoms with Gasteiger partial charge in [-0.3, -0.25) is 19.1 Å². The molecule has 3 rings (SSSR count). The molecule has 10 heteroatoms. The molecular formula is C19H22N4O5S. The SMILES string of the molecule is CCC(=O)N1N=C(c2c(O)n(C)c(=S)[nH]c2=O)CC1c1cc(OC)ccc1OC. The van der Waals surface area contributed by atoms with Crippen LogP contribution in [0, 0.1) is 4.77 Å². The molecule has 1 amide bonds. The van der Waals surface area contributed by atoms with Crippen molar-refractivity contribution in [3.05, 3.63) is 44.5 Å². The molecule has 9 nitrogen and oxygen atoms in total. The van der Waals surface area contributed by atoms with Crippen molar-refractivity contribution in [3.63, 3.8) is 0 Å². The molecule has 2 N–H and O–H groups in total. The third kappa shape index (κ3) is 3.63. The van der Waals surface area contributed by atoms with E-state index >= 15 is 0 Å². The second-order valence-corrected chi connectivity index (χ2v) is 6.87. The Kier molecular flexibility index (Phi) is 5.73. The molecule has 0 spiro atoms. The van der Waals surface area contributed by atoms with E-state index in [0.717, 1.165) is 0 Å². The zero-order valence-corrected chi connectivity index (χ0v) is 17.4. The first-order valence-electron chi connectivity index (χ1n) is 8.96. The van der Waals surface area contributed by atoms with E-state index in [0.29, 0.717) is 17.1 Å². The number of hydrogen-bond acceptors (Lipinski definition) is 7. The molecule has 0 radical (unpaired) electrons. The van der Waals surface area contributed by atoms with Gasteiger partial charge in [0, 0.05) is 25.5 Å². The van der Waals surface area contributed by atoms with Gasteiger partial charge in [-0.15, -0.1) is 0 Å². The lowest BCUT2D eigenvalue weighted by molar-refractivity contribution is -0.132. The number of aromatic hydroxyl groups is 1. The van der Waals surface area contributed by atoms with Crippen molar-refractivity contribution in [3.8, 4) is 17.4 Å². The molecule has 1 aliphatic rings. The van der Waals surface area contributed by atoms with E-state index in [9.17, 15) is 14.7 Å². The first-order chi connectivity index (χ1) is 13.8. The molecule has 2 heterocycles. The number of nitrogens with zero attached hydrogens (tertiary/aromatic N) is 3. The molecule has 1 atom stereocenters. The molecule has 0 saturated carbocycles. The number of benzene rings is 1. The van der Waals surface area contributed by atoms with E-state index in [4.69, 9.17) is 21.7 Å². The Bertz CT molecular complexity index is 1100. The standard InChI is InChI=1S/C19H22N4O5S/c1-5-15(24)23-13(11-8-10(27-3)6-7-14(11)28-4)9-12(21-23)16-17(25)20-19(29)22(2)18(16)26/h6-8,13,26H,5,9H2,1-4H3,(H,20,25,29). The minimum absolute atomic E-state index is 0.0145. The topological polar surface area (TPSA) is 109 Å². The maximum Gasteiger partial charge on any atom is 0.264 e. The first-order valence-corrected chi connectivity index (χ1v) is 9.37. The molecule has 1 aromatic carbocycles. The van der Waals surface area contributed by atoms with E-state index in [1.165, 1.54) is 23.7 Å². The van der Waals surface area contributed by atoms with Crippen molar-refractivity contribution in [1.82, 2.24) is 14.6 Å². The molecule has 1 aliphatic heterocycles. The number of carbonyl (C=O) groups excluding carboxylic acids is 1. The van der Waals surface area contributed by atoms with Crippen LogP contribution in [0.5, 0.6) is 17.4 Å². The quantitative estimate of drug-likeness (QED) is 0.721. The molecule has 1 unspecified atom stereocenters. The predicted molar refractivity (Wildman–Crippen MR) is 109 cm³/mol. The van der Waals surface area contributed by atoms with Crippen LogP contribution in [0.3, 0.4) is 0 Å². The number of rotatable bonds is 5. The third-order valence-corrected chi connectivity index (χ3v) is 5.22. The van der Waals surface area contributed by atoms with E-state index in [1.54, 1.807) is 32.2 Å². The Hall–Kier alpha value is -3.14. The van der Waals surface area contributed by atoms with Gasteiger partial charge < -0.3 is 14.6 Å². The summed E-state index contributed by atoms with van der Waals surface area (Å²) in [6.45, 7) is 1.73. The number of nitrogens with one attached hydrogen (secondary N) is 1. The van der Waals surface area contributed by atoms with Gasteiger partial charge in [0.2, 0.25) is 11.8 Å². The number of carbonyl (C=O) groups is 1. The van der Waals surface area contributed by atoms with Crippen LogP contribution in [0.25, 0.3) is 0 Å². The van der Waals surface area contributed by atoms with Gasteiger partial charge in [-0.05, 0) is 30.4 Å². The molecule has 0 fully saturated rings. The predicted octanol–water partition coefficient (Wildman–Crippen LogP) is 2.25. The van der Waals surface area contributed by atoms with Crippen molar-refractivity contribution in [1.29, 1.82) is 0 Å². The molecule has 0 bridgehead atoms. The Balaban J connectivity index is 2.15. The summed E-state index contributed by atoms with van der Waals surface area (Å²) in [7, 11) is 4.61. The highest BCUT2D eigenvalue weighted by atomic mass is 32.1. The summed E-state index contributed by atoms with van der Waals surface area (Å²) in [6.07, 6.45) is 0.434. The second-order valence-electron chi connectivity index (χ2n) is 6.48. The fourth-order valence-electron chi connectivity index (χ4n) is 3.26. The average Bonchev–Trinajstić information content (AvgIpc) is 3.15. The number of hydrogen-bond donors (Lipinski definition) is 2. The maximum atomic E-state index is 12.6. The van der Waals surface area contributed by atoms with Crippen LogP contribution >= 0.6 is 12.2 Å². The summed E-state index contributed by atoms with van der Waals surface area (Å²) in [5, 5.41) is 16.2. The minimum atomic E-state index is -0.563. The monoisotopic (exact) mass is 418 g/mol. The van der Waals surface area contributed by atoms with Crippen LogP contribution in [-0.2, 0) is 11.8 Å². The first kappa shape index (κ1) is 20.6. The van der Waals surface area contributed by atoms with Gasteiger partial charge in [-0.25, -0.2) is 5.01 Å². The number of H-pyrrole nitrogens is 1. The van der Waals surface area contributed by atoms with E-state index in [1.807, 2.05) is 0 Å². The lowest BCUT2D eigenvalue weighted by atomic mass is 9.98. The lowest BCUT2D eigenvalue weighted by Crippen LogP contribution is -2.26. The summed E-state index contributed by atoms with van der Waals surface area (Å²) >= 11 is 5.02. The molecule has 29 heavy (non-hydrogen) atoms. The second kappa shape index (κ2) is 8.08. The number of aromatic nitrogens is 2. The van der Waals surface area contributed by atoms with Crippen molar-refractivity contribution < 1.29 is 19.4 Å². The minimum Gasteiger partial charge on any atom is -0.497 e. The van der Waals surface area contributed by atoms with Gasteiger partial charge in [0.25, 0.3) is 5.56 Å². The zero-order chi connectivity index (χ0) is 21.3. The summed E-state index contributed by atoms with van der Waals surface area (Å²) < 4.78 is 12.1. The summed E-state index contributed by atoms with van der Waals surface area (Å²) in [5.41, 5.74) is 0.393. The summed E-state index contributed by atoms with van der Waals surface area (Å²) in [4.78, 5) is 27.6. The number of aromatic amines is 1. The lowest BCUT2D eigenvalue weighted by Gasteiger charge is -2.23. The van der Waals surface area contributed by atoms with Crippen LogP contribution in [-0.4, -0.2) is 45.5 Å².